The van der Waals surface area contributed by atoms with Crippen molar-refractivity contribution >= 4 is 23.1 Å². The highest BCUT2D eigenvalue weighted by atomic mass is 32.2. The Kier molecular flexibility index (Phi) is 4.91. The Morgan fingerprint density at radius 1 is 1.35 bits per heavy atom. The van der Waals surface area contributed by atoms with Crippen LogP contribution < -0.4 is 5.32 Å². The van der Waals surface area contributed by atoms with Gasteiger partial charge >= 0.3 is 0 Å². The van der Waals surface area contributed by atoms with Crippen LogP contribution in [0.2, 0.25) is 0 Å². The lowest BCUT2D eigenvalue weighted by Crippen LogP contribution is -2.35. The number of nitrogens with one attached hydrogen (secondary N) is 1. The summed E-state index contributed by atoms with van der Waals surface area (Å²) in [6.45, 7) is 2.70. The number of nitro benzene ring substituents is 1. The van der Waals surface area contributed by atoms with Gasteiger partial charge in [-0.1, -0.05) is 25.3 Å². The predicted octanol–water partition coefficient (Wildman–Crippen LogP) is 4.38. The first-order valence-electron chi connectivity index (χ1n) is 7.11. The molecule has 5 heteroatoms. The van der Waals surface area contributed by atoms with Gasteiger partial charge in [-0.05, 0) is 32.1 Å². The van der Waals surface area contributed by atoms with E-state index in [-0.39, 0.29) is 15.4 Å². The van der Waals surface area contributed by atoms with Crippen LogP contribution in [0.1, 0.15) is 37.7 Å². The van der Waals surface area contributed by atoms with Gasteiger partial charge in [0.15, 0.2) is 0 Å². The number of thioether (sulfide) groups is 1. The third-order valence-electron chi connectivity index (χ3n) is 4.30. The standard InChI is InChI=1S/C15H22N2O2S/c1-12-13(7-6-8-14(12)17(18)19)16-11-15(20-2)9-4-3-5-10-15/h6-8,16H,3-5,9-11H2,1-2H3. The maximum Gasteiger partial charge on any atom is 0.274 e. The number of rotatable bonds is 5. The summed E-state index contributed by atoms with van der Waals surface area (Å²) in [6.07, 6.45) is 8.54. The number of anilines is 1. The van der Waals surface area contributed by atoms with E-state index in [1.807, 2.05) is 24.8 Å². The topological polar surface area (TPSA) is 55.2 Å². The number of nitro groups is 1. The lowest BCUT2D eigenvalue weighted by atomic mass is 9.88. The fraction of sp³-hybridized carbons (Fsp3) is 0.600. The SMILES string of the molecule is CSC1(CNc2cccc([N+](=O)[O-])c2C)CCCCC1. The van der Waals surface area contributed by atoms with Gasteiger partial charge in [0, 0.05) is 28.6 Å². The van der Waals surface area contributed by atoms with E-state index < -0.39 is 0 Å². The highest BCUT2D eigenvalue weighted by molar-refractivity contribution is 8.00. The van der Waals surface area contributed by atoms with Gasteiger partial charge in [0.2, 0.25) is 0 Å². The Labute approximate surface area is 124 Å². The van der Waals surface area contributed by atoms with Crippen LogP contribution in [-0.2, 0) is 0 Å². The first-order chi connectivity index (χ1) is 9.58. The number of benzene rings is 1. The second-order valence-corrected chi connectivity index (χ2v) is 6.78. The molecule has 0 atom stereocenters. The van der Waals surface area contributed by atoms with Gasteiger partial charge in [0.25, 0.3) is 5.69 Å². The second-order valence-electron chi connectivity index (χ2n) is 5.51. The van der Waals surface area contributed by atoms with Crippen LogP contribution >= 0.6 is 11.8 Å². The van der Waals surface area contributed by atoms with Crippen molar-refractivity contribution < 1.29 is 4.92 Å². The second kappa shape index (κ2) is 6.48. The number of hydrogen-bond acceptors (Lipinski definition) is 4. The molecule has 1 fully saturated rings. The van der Waals surface area contributed by atoms with Crippen molar-refractivity contribution in [1.82, 2.24) is 0 Å². The Morgan fingerprint density at radius 2 is 2.05 bits per heavy atom. The molecule has 2 rings (SSSR count). The fourth-order valence-electron chi connectivity index (χ4n) is 2.92. The molecule has 110 valence electrons. The molecule has 0 amide bonds. The van der Waals surface area contributed by atoms with Gasteiger partial charge < -0.3 is 5.32 Å². The van der Waals surface area contributed by atoms with Crippen molar-refractivity contribution in [2.45, 2.75) is 43.8 Å². The first kappa shape index (κ1) is 15.2. The van der Waals surface area contributed by atoms with E-state index in [2.05, 4.69) is 11.6 Å². The predicted molar refractivity (Wildman–Crippen MR) is 85.7 cm³/mol. The van der Waals surface area contributed by atoms with E-state index in [0.717, 1.165) is 17.8 Å². The van der Waals surface area contributed by atoms with Crippen LogP contribution in [0.5, 0.6) is 0 Å². The van der Waals surface area contributed by atoms with Crippen molar-refractivity contribution in [1.29, 1.82) is 0 Å². The number of nitrogens with zero attached hydrogens (tertiary/aromatic N) is 1. The largest absolute Gasteiger partial charge is 0.383 e. The zero-order valence-corrected chi connectivity index (χ0v) is 13.0. The molecule has 0 spiro atoms. The highest BCUT2D eigenvalue weighted by Crippen LogP contribution is 2.39. The molecule has 0 aliphatic heterocycles. The quantitative estimate of drug-likeness (QED) is 0.646. The summed E-state index contributed by atoms with van der Waals surface area (Å²) in [6, 6.07) is 5.24. The fourth-order valence-corrected chi connectivity index (χ4v) is 3.83. The van der Waals surface area contributed by atoms with Gasteiger partial charge in [-0.3, -0.25) is 10.1 Å². The molecule has 0 radical (unpaired) electrons. The molecule has 0 bridgehead atoms. The van der Waals surface area contributed by atoms with E-state index in [1.165, 1.54) is 32.1 Å². The highest BCUT2D eigenvalue weighted by Gasteiger charge is 2.31. The normalized spacial score (nSPS) is 17.7. The van der Waals surface area contributed by atoms with Crippen molar-refractivity contribution in [2.75, 3.05) is 18.1 Å². The molecular formula is C15H22N2O2S. The maximum absolute atomic E-state index is 11.0. The molecule has 1 aliphatic rings. The average molecular weight is 294 g/mol. The minimum absolute atomic E-state index is 0.192. The van der Waals surface area contributed by atoms with E-state index in [4.69, 9.17) is 0 Å². The lowest BCUT2D eigenvalue weighted by Gasteiger charge is -2.36. The summed E-state index contributed by atoms with van der Waals surface area (Å²) in [5.74, 6) is 0. The zero-order chi connectivity index (χ0) is 14.6. The third-order valence-corrected chi connectivity index (χ3v) is 5.72. The van der Waals surface area contributed by atoms with Crippen molar-refractivity contribution in [2.24, 2.45) is 0 Å². The summed E-state index contributed by atoms with van der Waals surface area (Å²) in [5, 5.41) is 14.4. The van der Waals surface area contributed by atoms with Crippen molar-refractivity contribution in [3.05, 3.63) is 33.9 Å². The molecule has 1 aliphatic carbocycles. The minimum atomic E-state index is -0.314. The Balaban J connectivity index is 2.10. The van der Waals surface area contributed by atoms with Gasteiger partial charge in [0.1, 0.15) is 0 Å². The first-order valence-corrected chi connectivity index (χ1v) is 8.33. The third kappa shape index (κ3) is 3.26. The molecule has 0 saturated heterocycles. The molecular weight excluding hydrogens is 272 g/mol. The number of hydrogen-bond donors (Lipinski definition) is 1. The molecule has 1 aromatic rings. The Hall–Kier alpha value is -1.23. The van der Waals surface area contributed by atoms with Crippen LogP contribution in [0.4, 0.5) is 11.4 Å². The molecule has 4 nitrogen and oxygen atoms in total. The maximum atomic E-state index is 11.0. The molecule has 0 heterocycles. The van der Waals surface area contributed by atoms with Gasteiger partial charge in [0.05, 0.1) is 4.92 Å². The summed E-state index contributed by atoms with van der Waals surface area (Å²) >= 11 is 1.93. The zero-order valence-electron chi connectivity index (χ0n) is 12.1. The summed E-state index contributed by atoms with van der Waals surface area (Å²) in [7, 11) is 0. The van der Waals surface area contributed by atoms with Crippen LogP contribution in [0.25, 0.3) is 0 Å². The van der Waals surface area contributed by atoms with Crippen LogP contribution in [0, 0.1) is 17.0 Å². The monoisotopic (exact) mass is 294 g/mol. The van der Waals surface area contributed by atoms with Gasteiger partial charge in [-0.15, -0.1) is 0 Å². The van der Waals surface area contributed by atoms with Crippen LogP contribution in [-0.4, -0.2) is 22.5 Å². The average Bonchev–Trinajstić information content (AvgIpc) is 2.47. The lowest BCUT2D eigenvalue weighted by molar-refractivity contribution is -0.385. The van der Waals surface area contributed by atoms with Gasteiger partial charge in [-0.25, -0.2) is 0 Å². The minimum Gasteiger partial charge on any atom is -0.383 e. The van der Waals surface area contributed by atoms with E-state index in [9.17, 15) is 10.1 Å². The Bertz CT molecular complexity index is 485. The molecule has 1 saturated carbocycles. The summed E-state index contributed by atoms with van der Waals surface area (Å²) in [5.41, 5.74) is 1.81. The van der Waals surface area contributed by atoms with E-state index in [0.29, 0.717) is 0 Å². The van der Waals surface area contributed by atoms with Crippen LogP contribution in [0.3, 0.4) is 0 Å². The molecule has 1 N–H and O–H groups in total. The van der Waals surface area contributed by atoms with Crippen molar-refractivity contribution in [3.63, 3.8) is 0 Å². The Morgan fingerprint density at radius 3 is 2.65 bits per heavy atom. The van der Waals surface area contributed by atoms with E-state index in [1.54, 1.807) is 12.1 Å². The van der Waals surface area contributed by atoms with E-state index >= 15 is 0 Å². The van der Waals surface area contributed by atoms with Gasteiger partial charge in [-0.2, -0.15) is 11.8 Å². The smallest absolute Gasteiger partial charge is 0.274 e. The molecule has 1 aromatic carbocycles. The van der Waals surface area contributed by atoms with Crippen molar-refractivity contribution in [3.8, 4) is 0 Å². The molecule has 0 aromatic heterocycles. The summed E-state index contributed by atoms with van der Waals surface area (Å²) in [4.78, 5) is 10.7. The molecule has 0 unspecified atom stereocenters. The molecule has 20 heavy (non-hydrogen) atoms. The summed E-state index contributed by atoms with van der Waals surface area (Å²) < 4.78 is 0.287. The van der Waals surface area contributed by atoms with Crippen LogP contribution in [0.15, 0.2) is 18.2 Å².